The summed E-state index contributed by atoms with van der Waals surface area (Å²) in [5.41, 5.74) is 19.4. The second-order valence-electron chi connectivity index (χ2n) is 25.6. The molecule has 90 heavy (non-hydrogen) atoms. The molecule has 1 saturated heterocycles. The largest absolute Gasteiger partial charge is 0.456 e. The van der Waals surface area contributed by atoms with Crippen LogP contribution < -0.4 is 4.90 Å². The van der Waals surface area contributed by atoms with Gasteiger partial charge in [0.2, 0.25) is 5.95 Å². The molecule has 1 aliphatic heterocycles. The molecule has 0 spiro atoms. The van der Waals surface area contributed by atoms with Crippen LogP contribution in [0.1, 0.15) is 207 Å². The van der Waals surface area contributed by atoms with Gasteiger partial charge < -0.3 is 9.32 Å². The van der Waals surface area contributed by atoms with Gasteiger partial charge in [-0.1, -0.05) is 112 Å². The number of para-hydroxylation sites is 1. The molecule has 11 aromatic rings. The van der Waals surface area contributed by atoms with Crippen LogP contribution in [0.5, 0.6) is 0 Å². The molecule has 9 aromatic heterocycles. The second-order valence-corrected chi connectivity index (χ2v) is 25.6. The van der Waals surface area contributed by atoms with E-state index in [1.807, 2.05) is 87.4 Å². The van der Waals surface area contributed by atoms with Gasteiger partial charge in [-0.3, -0.25) is 29.9 Å². The third-order valence-electron chi connectivity index (χ3n) is 16.5. The number of hydrogen-bond donors (Lipinski definition) is 0. The molecule has 462 valence electrons. The highest BCUT2D eigenvalue weighted by Crippen LogP contribution is 2.43. The van der Waals surface area contributed by atoms with Crippen LogP contribution in [0.25, 0.3) is 67.1 Å². The van der Waals surface area contributed by atoms with Gasteiger partial charge in [0.1, 0.15) is 11.2 Å². The molecule has 3 aliphatic rings. The number of benzene rings is 2. The van der Waals surface area contributed by atoms with E-state index in [2.05, 4.69) is 203 Å². The number of aromatic nitrogens is 11. The Balaban J connectivity index is 0.000000124. The van der Waals surface area contributed by atoms with Crippen LogP contribution in [-0.4, -0.2) is 67.9 Å². The monoisotopic (exact) mass is 1200 g/mol. The van der Waals surface area contributed by atoms with Gasteiger partial charge in [-0.25, -0.2) is 24.9 Å². The number of pyridine rings is 5. The maximum absolute atomic E-state index is 6.16. The van der Waals surface area contributed by atoms with Crippen LogP contribution in [0.15, 0.2) is 169 Å². The molecular formula is C77H88N12O. The Bertz CT molecular complexity index is 3980. The van der Waals surface area contributed by atoms with Crippen LogP contribution in [-0.2, 0) is 0 Å². The second kappa shape index (κ2) is 30.0. The van der Waals surface area contributed by atoms with E-state index in [9.17, 15) is 0 Å². The Hall–Kier alpha value is -8.97. The first-order chi connectivity index (χ1) is 43.5. The first-order valence-electron chi connectivity index (χ1n) is 32.5. The molecule has 2 aromatic carbocycles. The fraction of sp³-hybridized carbons (Fsp3) is 0.364. The van der Waals surface area contributed by atoms with Crippen molar-refractivity contribution in [1.82, 2.24) is 54.8 Å². The van der Waals surface area contributed by atoms with E-state index in [4.69, 9.17) is 9.40 Å². The van der Waals surface area contributed by atoms with Gasteiger partial charge in [-0.05, 0) is 178 Å². The quantitative estimate of drug-likeness (QED) is 0.114. The van der Waals surface area contributed by atoms with Crippen molar-refractivity contribution in [3.63, 3.8) is 0 Å². The molecule has 0 bridgehead atoms. The summed E-state index contributed by atoms with van der Waals surface area (Å²) in [5, 5.41) is 2.51. The molecule has 13 heteroatoms. The summed E-state index contributed by atoms with van der Waals surface area (Å²) in [5.74, 6) is 5.27. The SMILES string of the molecule is CC(C)c1cccc(-c2cnc(N3CCCCC3)nc2)n1.CC(C)c1cccc2c1oc1cc(C3CC3)ccc12.CC(C)c1cncc(-c2ccc(C3CC3)nc2)n1.Cc1ccc(-c2cccc(C(C)C)n2)cn1.Cc1ccc(-c2nccc(C(C)C)n2)cn1. The van der Waals surface area contributed by atoms with Gasteiger partial charge in [-0.2, -0.15) is 0 Å². The molecule has 0 radical (unpaired) electrons. The van der Waals surface area contributed by atoms with Gasteiger partial charge in [0.05, 0.1) is 29.0 Å². The summed E-state index contributed by atoms with van der Waals surface area (Å²) >= 11 is 0. The minimum absolute atomic E-state index is 0.399. The molecule has 2 saturated carbocycles. The van der Waals surface area contributed by atoms with Crippen LogP contribution >= 0.6 is 0 Å². The lowest BCUT2D eigenvalue weighted by Crippen LogP contribution is -2.30. The highest BCUT2D eigenvalue weighted by atomic mass is 16.3. The molecular weight excluding hydrogens is 1110 g/mol. The lowest BCUT2D eigenvalue weighted by atomic mass is 10.00. The summed E-state index contributed by atoms with van der Waals surface area (Å²) in [6.07, 6.45) is 23.9. The Morgan fingerprint density at radius 3 is 1.56 bits per heavy atom. The Labute approximate surface area is 532 Å². The molecule has 0 unspecified atom stereocenters. The van der Waals surface area contributed by atoms with Crippen molar-refractivity contribution in [2.45, 2.75) is 169 Å². The fourth-order valence-electron chi connectivity index (χ4n) is 10.6. The van der Waals surface area contributed by atoms with Gasteiger partial charge in [0.25, 0.3) is 0 Å². The lowest BCUT2D eigenvalue weighted by molar-refractivity contribution is 0.568. The van der Waals surface area contributed by atoms with Crippen molar-refractivity contribution in [2.24, 2.45) is 0 Å². The maximum Gasteiger partial charge on any atom is 0.225 e. The molecule has 14 rings (SSSR count). The van der Waals surface area contributed by atoms with E-state index in [1.165, 1.54) is 72.5 Å². The predicted octanol–water partition coefficient (Wildman–Crippen LogP) is 19.3. The molecule has 10 heterocycles. The molecule has 3 fully saturated rings. The van der Waals surface area contributed by atoms with Crippen molar-refractivity contribution < 1.29 is 4.42 Å². The minimum Gasteiger partial charge on any atom is -0.456 e. The van der Waals surface area contributed by atoms with E-state index < -0.39 is 0 Å². The zero-order valence-corrected chi connectivity index (χ0v) is 54.8. The highest BCUT2D eigenvalue weighted by molar-refractivity contribution is 6.06. The first kappa shape index (κ1) is 64.0. The predicted molar refractivity (Wildman–Crippen MR) is 367 cm³/mol. The normalized spacial score (nSPS) is 13.8. The maximum atomic E-state index is 6.16. The van der Waals surface area contributed by atoms with E-state index in [0.29, 0.717) is 35.5 Å². The average Bonchev–Trinajstić information content (AvgIpc) is 1.77. The zero-order chi connectivity index (χ0) is 63.3. The highest BCUT2D eigenvalue weighted by Gasteiger charge is 2.26. The van der Waals surface area contributed by atoms with Crippen LogP contribution in [0, 0.1) is 13.8 Å². The van der Waals surface area contributed by atoms with Crippen molar-refractivity contribution in [3.8, 4) is 45.2 Å². The van der Waals surface area contributed by atoms with Crippen molar-refractivity contribution >= 4 is 27.9 Å². The summed E-state index contributed by atoms with van der Waals surface area (Å²) in [6, 6.07) is 39.8. The van der Waals surface area contributed by atoms with Gasteiger partial charge >= 0.3 is 0 Å². The number of anilines is 1. The molecule has 0 N–H and O–H groups in total. The van der Waals surface area contributed by atoms with E-state index in [-0.39, 0.29) is 0 Å². The topological polar surface area (TPSA) is 158 Å². The van der Waals surface area contributed by atoms with Crippen molar-refractivity contribution in [1.29, 1.82) is 0 Å². The number of piperidine rings is 1. The summed E-state index contributed by atoms with van der Waals surface area (Å²) in [7, 11) is 0. The van der Waals surface area contributed by atoms with Crippen molar-refractivity contribution in [3.05, 3.63) is 216 Å². The lowest BCUT2D eigenvalue weighted by Gasteiger charge is -2.26. The van der Waals surface area contributed by atoms with Crippen LogP contribution in [0.2, 0.25) is 0 Å². The number of fused-ring (bicyclic) bond motifs is 3. The third kappa shape index (κ3) is 17.0. The van der Waals surface area contributed by atoms with Gasteiger partial charge in [0, 0.05) is 130 Å². The third-order valence-corrected chi connectivity index (χ3v) is 16.5. The average molecular weight is 1200 g/mol. The summed E-state index contributed by atoms with van der Waals surface area (Å²) in [4.78, 5) is 51.4. The number of aryl methyl sites for hydroxylation is 2. The van der Waals surface area contributed by atoms with Crippen LogP contribution in [0.4, 0.5) is 5.95 Å². The summed E-state index contributed by atoms with van der Waals surface area (Å²) < 4.78 is 6.16. The Morgan fingerprint density at radius 1 is 0.422 bits per heavy atom. The Morgan fingerprint density at radius 2 is 0.978 bits per heavy atom. The van der Waals surface area contributed by atoms with E-state index >= 15 is 0 Å². The van der Waals surface area contributed by atoms with Crippen LogP contribution in [0.3, 0.4) is 0 Å². The van der Waals surface area contributed by atoms with Gasteiger partial charge in [0.15, 0.2) is 5.82 Å². The Kier molecular flexibility index (Phi) is 21.4. The fourth-order valence-corrected chi connectivity index (χ4v) is 10.6. The number of furan rings is 1. The smallest absolute Gasteiger partial charge is 0.225 e. The van der Waals surface area contributed by atoms with Crippen molar-refractivity contribution in [2.75, 3.05) is 18.0 Å². The molecule has 13 nitrogen and oxygen atoms in total. The zero-order valence-electron chi connectivity index (χ0n) is 54.8. The molecule has 0 amide bonds. The van der Waals surface area contributed by atoms with Gasteiger partial charge in [-0.15, -0.1) is 0 Å². The standard InChI is InChI=1S/C18H18O.C17H22N4.C15H17N3.C14H16N2.C13H15N3/c1-11(2)14-4-3-5-16-15-9-8-13(12-6-7-12)10-17(15)19-18(14)16;1-13(2)15-7-6-8-16(20-15)14-11-18-17(19-12-14)21-9-4-3-5-10-21;1-10(2)14-8-16-9-15(18-14)12-5-6-13(17-7-12)11-3-4-11;1-10(2)13-5-4-6-14(16-13)12-8-7-11(3)15-9-12;1-9(2)12-6-7-14-13(16-12)11-5-4-10(3)15-8-11/h3-5,8-12H,6-7H2,1-2H3;6-8,11-13H,3-5,9-10H2,1-2H3;5-11H,3-4H2,1-2H3;4-10H,1-3H3;4-9H,1-3H3. The number of nitrogens with zero attached hydrogens (tertiary/aromatic N) is 12. The first-order valence-corrected chi connectivity index (χ1v) is 32.5. The van der Waals surface area contributed by atoms with E-state index in [0.717, 1.165) is 115 Å². The molecule has 2 aliphatic carbocycles. The minimum atomic E-state index is 0.399. The molecule has 0 atom stereocenters. The summed E-state index contributed by atoms with van der Waals surface area (Å²) in [6.45, 7) is 27.7. The number of hydrogen-bond acceptors (Lipinski definition) is 13. The number of rotatable bonds is 12. The van der Waals surface area contributed by atoms with E-state index in [1.54, 1.807) is 12.4 Å².